The Kier molecular flexibility index (Phi) is 7.98. The van der Waals surface area contributed by atoms with E-state index in [4.69, 9.17) is 9.47 Å². The molecule has 0 fully saturated rings. The first-order chi connectivity index (χ1) is 16.8. The summed E-state index contributed by atoms with van der Waals surface area (Å²) in [6, 6.07) is 17.7. The zero-order chi connectivity index (χ0) is 24.9. The van der Waals surface area contributed by atoms with Crippen molar-refractivity contribution in [2.75, 3.05) is 7.11 Å². The highest BCUT2D eigenvalue weighted by atomic mass is 127. The van der Waals surface area contributed by atoms with Crippen molar-refractivity contribution in [3.05, 3.63) is 94.8 Å². The minimum atomic E-state index is -0.466. The monoisotopic (exact) mass is 665 g/mol. The molecular formula is C24H17BrIN3O5S. The fourth-order valence-electron chi connectivity index (χ4n) is 3.17. The van der Waals surface area contributed by atoms with Crippen LogP contribution in [0, 0.1) is 13.7 Å². The third-order valence-electron chi connectivity index (χ3n) is 4.86. The van der Waals surface area contributed by atoms with Gasteiger partial charge in [-0.1, -0.05) is 12.1 Å². The van der Waals surface area contributed by atoms with E-state index < -0.39 is 10.8 Å². The van der Waals surface area contributed by atoms with Gasteiger partial charge in [0.2, 0.25) is 0 Å². The SMILES string of the molecule is COc1cc(/C=N\NC(=O)c2cc3cc([N+](=O)[O-])ccc3s2)cc(Br)c1OCc1ccc(I)cc1. The zero-order valence-corrected chi connectivity index (χ0v) is 22.7. The van der Waals surface area contributed by atoms with Crippen LogP contribution in [0.4, 0.5) is 5.69 Å². The van der Waals surface area contributed by atoms with E-state index in [0.717, 1.165) is 13.8 Å². The van der Waals surface area contributed by atoms with Crippen LogP contribution in [-0.2, 0) is 6.61 Å². The van der Waals surface area contributed by atoms with Gasteiger partial charge < -0.3 is 9.47 Å². The lowest BCUT2D eigenvalue weighted by atomic mass is 10.2. The molecule has 35 heavy (non-hydrogen) atoms. The lowest BCUT2D eigenvalue weighted by Gasteiger charge is -2.13. The summed E-state index contributed by atoms with van der Waals surface area (Å²) in [6.07, 6.45) is 1.49. The third kappa shape index (κ3) is 6.16. The molecular weight excluding hydrogens is 649 g/mol. The summed E-state index contributed by atoms with van der Waals surface area (Å²) < 4.78 is 14.1. The highest BCUT2D eigenvalue weighted by Gasteiger charge is 2.14. The van der Waals surface area contributed by atoms with Gasteiger partial charge in [0.15, 0.2) is 11.5 Å². The van der Waals surface area contributed by atoms with Crippen LogP contribution in [0.5, 0.6) is 11.5 Å². The van der Waals surface area contributed by atoms with E-state index in [1.54, 1.807) is 31.4 Å². The summed E-state index contributed by atoms with van der Waals surface area (Å²) in [6.45, 7) is 0.383. The largest absolute Gasteiger partial charge is 0.493 e. The van der Waals surface area contributed by atoms with Crippen molar-refractivity contribution >= 4 is 77.8 Å². The van der Waals surface area contributed by atoms with Crippen LogP contribution in [0.1, 0.15) is 20.8 Å². The highest BCUT2D eigenvalue weighted by molar-refractivity contribution is 14.1. The smallest absolute Gasteiger partial charge is 0.281 e. The van der Waals surface area contributed by atoms with E-state index in [1.165, 1.54) is 29.7 Å². The van der Waals surface area contributed by atoms with Crippen LogP contribution >= 0.6 is 49.9 Å². The third-order valence-corrected chi connectivity index (χ3v) is 7.29. The van der Waals surface area contributed by atoms with Gasteiger partial charge in [0.05, 0.1) is 27.6 Å². The predicted molar refractivity (Wildman–Crippen MR) is 148 cm³/mol. The van der Waals surface area contributed by atoms with Gasteiger partial charge in [-0.05, 0) is 86.0 Å². The van der Waals surface area contributed by atoms with Crippen molar-refractivity contribution in [2.45, 2.75) is 6.61 Å². The number of benzene rings is 3. The number of nitrogens with zero attached hydrogens (tertiary/aromatic N) is 2. The maximum absolute atomic E-state index is 12.5. The zero-order valence-electron chi connectivity index (χ0n) is 18.2. The Balaban J connectivity index is 1.44. The molecule has 3 aromatic carbocycles. The molecule has 0 spiro atoms. The minimum absolute atomic E-state index is 0.0224. The second-order valence-corrected chi connectivity index (χ2v) is 10.4. The van der Waals surface area contributed by atoms with Gasteiger partial charge in [0, 0.05) is 25.8 Å². The molecule has 0 saturated carbocycles. The van der Waals surface area contributed by atoms with E-state index in [2.05, 4.69) is 49.0 Å². The molecule has 0 atom stereocenters. The molecule has 0 radical (unpaired) electrons. The Hall–Kier alpha value is -3.03. The molecule has 0 aliphatic heterocycles. The molecule has 0 aliphatic rings. The van der Waals surface area contributed by atoms with Crippen LogP contribution < -0.4 is 14.9 Å². The van der Waals surface area contributed by atoms with Crippen molar-refractivity contribution in [2.24, 2.45) is 5.10 Å². The van der Waals surface area contributed by atoms with Gasteiger partial charge in [0.1, 0.15) is 6.61 Å². The second-order valence-electron chi connectivity index (χ2n) is 7.24. The van der Waals surface area contributed by atoms with Crippen molar-refractivity contribution in [1.82, 2.24) is 5.43 Å². The van der Waals surface area contributed by atoms with E-state index in [9.17, 15) is 14.9 Å². The molecule has 1 amide bonds. The Labute approximate surface area is 226 Å². The fraction of sp³-hybridized carbons (Fsp3) is 0.0833. The first kappa shape index (κ1) is 25.1. The number of ether oxygens (including phenoxy) is 2. The number of nitrogens with one attached hydrogen (secondary N) is 1. The number of nitro groups is 1. The summed E-state index contributed by atoms with van der Waals surface area (Å²) >= 11 is 7.00. The van der Waals surface area contributed by atoms with Gasteiger partial charge >= 0.3 is 0 Å². The van der Waals surface area contributed by atoms with Gasteiger partial charge in [-0.2, -0.15) is 5.10 Å². The lowest BCUT2D eigenvalue weighted by Crippen LogP contribution is -2.16. The number of hydrogen-bond acceptors (Lipinski definition) is 7. The number of carbonyl (C=O) groups excluding carboxylic acids is 1. The van der Waals surface area contributed by atoms with Crippen LogP contribution in [0.2, 0.25) is 0 Å². The number of methoxy groups -OCH3 is 1. The standard InChI is InChI=1S/C24H17BrIN3O5S/c1-33-20-9-15(8-19(25)23(20)34-13-14-2-4-17(26)5-3-14)12-27-28-24(30)22-11-16-10-18(29(31)32)6-7-21(16)35-22/h2-12H,13H2,1H3,(H,28,30)/b27-12-. The second kappa shape index (κ2) is 11.1. The van der Waals surface area contributed by atoms with Crippen molar-refractivity contribution in [3.63, 3.8) is 0 Å². The number of non-ortho nitro benzene ring substituents is 1. The molecule has 0 bridgehead atoms. The summed E-state index contributed by atoms with van der Waals surface area (Å²) in [7, 11) is 1.55. The molecule has 1 heterocycles. The number of fused-ring (bicyclic) bond motifs is 1. The average molecular weight is 666 g/mol. The van der Waals surface area contributed by atoms with Crippen LogP contribution in [-0.4, -0.2) is 24.2 Å². The first-order valence-corrected chi connectivity index (χ1v) is 12.8. The molecule has 1 aromatic heterocycles. The van der Waals surface area contributed by atoms with Gasteiger partial charge in [-0.25, -0.2) is 5.43 Å². The van der Waals surface area contributed by atoms with E-state index >= 15 is 0 Å². The Bertz CT molecular complexity index is 1440. The number of hydrogen-bond donors (Lipinski definition) is 1. The summed E-state index contributed by atoms with van der Waals surface area (Å²) in [5, 5.41) is 15.6. The molecule has 4 rings (SSSR count). The van der Waals surface area contributed by atoms with E-state index in [0.29, 0.717) is 38.4 Å². The molecule has 178 valence electrons. The first-order valence-electron chi connectivity index (χ1n) is 10.1. The highest BCUT2D eigenvalue weighted by Crippen LogP contribution is 2.37. The van der Waals surface area contributed by atoms with Crippen LogP contribution in [0.3, 0.4) is 0 Å². The number of rotatable bonds is 8. The summed E-state index contributed by atoms with van der Waals surface area (Å²) in [5.74, 6) is 0.670. The van der Waals surface area contributed by atoms with Crippen LogP contribution in [0.25, 0.3) is 10.1 Å². The maximum Gasteiger partial charge on any atom is 0.281 e. The Morgan fingerprint density at radius 2 is 1.97 bits per heavy atom. The van der Waals surface area contributed by atoms with E-state index in [-0.39, 0.29) is 5.69 Å². The lowest BCUT2D eigenvalue weighted by molar-refractivity contribution is -0.384. The molecule has 11 heteroatoms. The summed E-state index contributed by atoms with van der Waals surface area (Å²) in [5.41, 5.74) is 4.18. The van der Waals surface area contributed by atoms with Crippen molar-refractivity contribution < 1.29 is 19.2 Å². The number of thiophene rings is 1. The van der Waals surface area contributed by atoms with Gasteiger partial charge in [-0.3, -0.25) is 14.9 Å². The number of halogens is 2. The minimum Gasteiger partial charge on any atom is -0.493 e. The normalized spacial score (nSPS) is 11.1. The fourth-order valence-corrected chi connectivity index (χ4v) is 5.03. The average Bonchev–Trinajstić information content (AvgIpc) is 3.27. The number of nitro benzene ring substituents is 1. The molecule has 0 unspecified atom stereocenters. The van der Waals surface area contributed by atoms with E-state index in [1.807, 2.05) is 24.3 Å². The van der Waals surface area contributed by atoms with Gasteiger partial charge in [0.25, 0.3) is 11.6 Å². The topological polar surface area (TPSA) is 103 Å². The molecule has 8 nitrogen and oxygen atoms in total. The molecule has 1 N–H and O–H groups in total. The predicted octanol–water partition coefficient (Wildman–Crippen LogP) is 6.53. The van der Waals surface area contributed by atoms with Crippen LogP contribution in [0.15, 0.2) is 70.2 Å². The number of amides is 1. The van der Waals surface area contributed by atoms with Crippen molar-refractivity contribution in [1.29, 1.82) is 0 Å². The summed E-state index contributed by atoms with van der Waals surface area (Å²) in [4.78, 5) is 23.4. The van der Waals surface area contributed by atoms with Gasteiger partial charge in [-0.15, -0.1) is 11.3 Å². The Morgan fingerprint density at radius 1 is 1.20 bits per heavy atom. The molecule has 0 saturated heterocycles. The molecule has 4 aromatic rings. The maximum atomic E-state index is 12.5. The quantitative estimate of drug-likeness (QED) is 0.0998. The molecule has 0 aliphatic carbocycles. The Morgan fingerprint density at radius 3 is 2.69 bits per heavy atom. The number of hydrazone groups is 1. The number of carbonyl (C=O) groups is 1. The van der Waals surface area contributed by atoms with Crippen molar-refractivity contribution in [3.8, 4) is 11.5 Å².